The number of rotatable bonds is 2. The van der Waals surface area contributed by atoms with Crippen LogP contribution >= 0.6 is 11.6 Å². The van der Waals surface area contributed by atoms with Gasteiger partial charge in [-0.05, 0) is 12.8 Å². The second-order valence-corrected chi connectivity index (χ2v) is 4.14. The van der Waals surface area contributed by atoms with E-state index >= 15 is 0 Å². The fourth-order valence-electron chi connectivity index (χ4n) is 1.67. The summed E-state index contributed by atoms with van der Waals surface area (Å²) in [6.45, 7) is 0. The third-order valence-corrected chi connectivity index (χ3v) is 2.85. The fraction of sp³-hybridized carbons (Fsp3) is 0.444. The van der Waals surface area contributed by atoms with E-state index < -0.39 is 0 Å². The van der Waals surface area contributed by atoms with Crippen LogP contribution in [0.25, 0.3) is 5.78 Å². The zero-order valence-electron chi connectivity index (χ0n) is 8.26. The van der Waals surface area contributed by atoms with Crippen molar-refractivity contribution in [1.82, 2.24) is 19.6 Å². The number of anilines is 1. The molecule has 0 N–H and O–H groups in total. The normalized spacial score (nSPS) is 15.9. The minimum absolute atomic E-state index is 0.456. The second kappa shape index (κ2) is 3.06. The molecule has 0 spiro atoms. The lowest BCUT2D eigenvalue weighted by Crippen LogP contribution is -2.22. The zero-order valence-corrected chi connectivity index (χ0v) is 9.02. The summed E-state index contributed by atoms with van der Waals surface area (Å²) in [6.07, 6.45) is 3.95. The van der Waals surface area contributed by atoms with Crippen molar-refractivity contribution in [2.24, 2.45) is 0 Å². The van der Waals surface area contributed by atoms with E-state index in [1.54, 1.807) is 4.52 Å². The molecule has 0 radical (unpaired) electrons. The van der Waals surface area contributed by atoms with Gasteiger partial charge in [0.05, 0.1) is 0 Å². The molecule has 6 heteroatoms. The van der Waals surface area contributed by atoms with Crippen LogP contribution in [0.15, 0.2) is 12.4 Å². The highest BCUT2D eigenvalue weighted by atomic mass is 35.5. The maximum atomic E-state index is 5.93. The Balaban J connectivity index is 2.18. The minimum atomic E-state index is 0.456. The Hall–Kier alpha value is -1.36. The van der Waals surface area contributed by atoms with Gasteiger partial charge in [0.1, 0.15) is 17.3 Å². The highest BCUT2D eigenvalue weighted by Gasteiger charge is 2.28. The van der Waals surface area contributed by atoms with Crippen LogP contribution in [0.2, 0.25) is 5.15 Å². The number of hydrogen-bond acceptors (Lipinski definition) is 4. The SMILES string of the molecule is CN(c1cc(Cl)nc2ncnn12)C1CC1. The van der Waals surface area contributed by atoms with Crippen LogP contribution in [-0.4, -0.2) is 32.7 Å². The molecule has 2 aromatic rings. The van der Waals surface area contributed by atoms with Gasteiger partial charge in [-0.2, -0.15) is 19.6 Å². The molecule has 0 aromatic carbocycles. The van der Waals surface area contributed by atoms with E-state index in [1.165, 1.54) is 19.2 Å². The van der Waals surface area contributed by atoms with E-state index in [0.29, 0.717) is 17.0 Å². The minimum Gasteiger partial charge on any atom is -0.356 e. The van der Waals surface area contributed by atoms with Crippen molar-refractivity contribution in [1.29, 1.82) is 0 Å². The number of aromatic nitrogens is 4. The van der Waals surface area contributed by atoms with Crippen molar-refractivity contribution in [3.63, 3.8) is 0 Å². The fourth-order valence-corrected chi connectivity index (χ4v) is 1.84. The Morgan fingerprint density at radius 2 is 2.33 bits per heavy atom. The molecule has 1 fully saturated rings. The van der Waals surface area contributed by atoms with Crippen LogP contribution < -0.4 is 4.90 Å². The van der Waals surface area contributed by atoms with Gasteiger partial charge in [-0.3, -0.25) is 0 Å². The summed E-state index contributed by atoms with van der Waals surface area (Å²) in [5.74, 6) is 1.50. The number of nitrogens with zero attached hydrogens (tertiary/aromatic N) is 5. The van der Waals surface area contributed by atoms with Crippen LogP contribution in [0.5, 0.6) is 0 Å². The van der Waals surface area contributed by atoms with Gasteiger partial charge in [-0.25, -0.2) is 0 Å². The first-order valence-corrected chi connectivity index (χ1v) is 5.22. The van der Waals surface area contributed by atoms with E-state index in [4.69, 9.17) is 11.6 Å². The monoisotopic (exact) mass is 223 g/mol. The summed E-state index contributed by atoms with van der Waals surface area (Å²) < 4.78 is 1.71. The summed E-state index contributed by atoms with van der Waals surface area (Å²) in [6, 6.07) is 2.43. The molecule has 0 bridgehead atoms. The molecule has 0 saturated heterocycles. The molecule has 1 aliphatic carbocycles. The molecule has 0 atom stereocenters. The van der Waals surface area contributed by atoms with E-state index in [9.17, 15) is 0 Å². The Morgan fingerprint density at radius 1 is 1.53 bits per heavy atom. The molecule has 0 unspecified atom stereocenters. The van der Waals surface area contributed by atoms with Crippen molar-refractivity contribution < 1.29 is 0 Å². The molecule has 0 amide bonds. The molecular weight excluding hydrogens is 214 g/mol. The summed E-state index contributed by atoms with van der Waals surface area (Å²) in [4.78, 5) is 10.3. The van der Waals surface area contributed by atoms with E-state index in [1.807, 2.05) is 13.1 Å². The third kappa shape index (κ3) is 1.43. The van der Waals surface area contributed by atoms with Crippen molar-refractivity contribution in [3.05, 3.63) is 17.5 Å². The van der Waals surface area contributed by atoms with Crippen LogP contribution in [0.3, 0.4) is 0 Å². The summed E-state index contributed by atoms with van der Waals surface area (Å²) in [7, 11) is 2.05. The van der Waals surface area contributed by atoms with Gasteiger partial charge in [-0.1, -0.05) is 11.6 Å². The average molecular weight is 224 g/mol. The Bertz CT molecular complexity index is 504. The Kier molecular flexibility index (Phi) is 1.82. The number of fused-ring (bicyclic) bond motifs is 1. The largest absolute Gasteiger partial charge is 0.356 e. The maximum Gasteiger partial charge on any atom is 0.255 e. The summed E-state index contributed by atoms with van der Waals surface area (Å²) in [5, 5.41) is 4.59. The summed E-state index contributed by atoms with van der Waals surface area (Å²) in [5.41, 5.74) is 0. The zero-order chi connectivity index (χ0) is 10.4. The summed E-state index contributed by atoms with van der Waals surface area (Å²) >= 11 is 5.93. The predicted molar refractivity (Wildman–Crippen MR) is 57.2 cm³/mol. The van der Waals surface area contributed by atoms with Crippen LogP contribution in [0, 0.1) is 0 Å². The van der Waals surface area contributed by atoms with Crippen molar-refractivity contribution in [3.8, 4) is 0 Å². The smallest absolute Gasteiger partial charge is 0.255 e. The highest BCUT2D eigenvalue weighted by molar-refractivity contribution is 6.29. The first kappa shape index (κ1) is 8.91. The van der Waals surface area contributed by atoms with Crippen molar-refractivity contribution in [2.75, 3.05) is 11.9 Å². The Morgan fingerprint density at radius 3 is 3.07 bits per heavy atom. The standard InChI is InChI=1S/C9H10ClN5/c1-14(6-2-3-6)8-4-7(10)13-9-11-5-12-15(8)9/h4-6H,2-3H2,1H3. The molecule has 3 rings (SSSR count). The molecule has 5 nitrogen and oxygen atoms in total. The molecule has 78 valence electrons. The number of hydrogen-bond donors (Lipinski definition) is 0. The lowest BCUT2D eigenvalue weighted by atomic mass is 10.5. The first-order chi connectivity index (χ1) is 7.25. The molecule has 1 aliphatic rings. The molecule has 2 aromatic heterocycles. The van der Waals surface area contributed by atoms with Crippen molar-refractivity contribution in [2.45, 2.75) is 18.9 Å². The van der Waals surface area contributed by atoms with Gasteiger partial charge in [0.25, 0.3) is 5.78 Å². The highest BCUT2D eigenvalue weighted by Crippen LogP contribution is 2.30. The van der Waals surface area contributed by atoms with Gasteiger partial charge in [-0.15, -0.1) is 0 Å². The van der Waals surface area contributed by atoms with Crippen molar-refractivity contribution >= 4 is 23.2 Å². The third-order valence-electron chi connectivity index (χ3n) is 2.66. The number of halogens is 1. The molecule has 2 heterocycles. The molecular formula is C9H10ClN5. The average Bonchev–Trinajstić information content (AvgIpc) is 2.96. The van der Waals surface area contributed by atoms with E-state index in [2.05, 4.69) is 20.0 Å². The van der Waals surface area contributed by atoms with Gasteiger partial charge >= 0.3 is 0 Å². The van der Waals surface area contributed by atoms with Gasteiger partial charge < -0.3 is 4.90 Å². The predicted octanol–water partition coefficient (Wildman–Crippen LogP) is 1.38. The van der Waals surface area contributed by atoms with Gasteiger partial charge in [0.15, 0.2) is 0 Å². The van der Waals surface area contributed by atoms with Crippen LogP contribution in [-0.2, 0) is 0 Å². The molecule has 0 aliphatic heterocycles. The van der Waals surface area contributed by atoms with Crippen LogP contribution in [0.1, 0.15) is 12.8 Å². The van der Waals surface area contributed by atoms with Gasteiger partial charge in [0, 0.05) is 19.2 Å². The Labute approximate surface area is 91.7 Å². The van der Waals surface area contributed by atoms with E-state index in [-0.39, 0.29) is 0 Å². The quantitative estimate of drug-likeness (QED) is 0.722. The first-order valence-electron chi connectivity index (χ1n) is 4.85. The topological polar surface area (TPSA) is 46.3 Å². The molecule has 15 heavy (non-hydrogen) atoms. The van der Waals surface area contributed by atoms with Crippen LogP contribution in [0.4, 0.5) is 5.82 Å². The second-order valence-electron chi connectivity index (χ2n) is 3.75. The molecule has 1 saturated carbocycles. The maximum absolute atomic E-state index is 5.93. The van der Waals surface area contributed by atoms with Gasteiger partial charge in [0.2, 0.25) is 0 Å². The lowest BCUT2D eigenvalue weighted by molar-refractivity contribution is 0.828. The lowest BCUT2D eigenvalue weighted by Gasteiger charge is -2.18. The van der Waals surface area contributed by atoms with E-state index in [0.717, 1.165) is 5.82 Å².